The lowest BCUT2D eigenvalue weighted by Gasteiger charge is -2.25. The summed E-state index contributed by atoms with van der Waals surface area (Å²) in [6.07, 6.45) is -0.245. The summed E-state index contributed by atoms with van der Waals surface area (Å²) in [5, 5.41) is 8.83. The van der Waals surface area contributed by atoms with Crippen LogP contribution < -0.4 is 0 Å². The third-order valence-electron chi connectivity index (χ3n) is 3.04. The molecule has 0 radical (unpaired) electrons. The molecule has 0 heterocycles. The summed E-state index contributed by atoms with van der Waals surface area (Å²) in [7, 11) is 0. The van der Waals surface area contributed by atoms with E-state index in [1.54, 1.807) is 19.9 Å². The van der Waals surface area contributed by atoms with E-state index in [0.29, 0.717) is 5.56 Å². The Morgan fingerprint density at radius 1 is 1.33 bits per heavy atom. The maximum absolute atomic E-state index is 13.8. The molecule has 1 aromatic rings. The van der Waals surface area contributed by atoms with Gasteiger partial charge in [-0.15, -0.1) is 0 Å². The van der Waals surface area contributed by atoms with Gasteiger partial charge in [0, 0.05) is 5.41 Å². The van der Waals surface area contributed by atoms with Crippen molar-refractivity contribution in [3.05, 3.63) is 34.9 Å². The minimum absolute atomic E-state index is 0.0551. The zero-order valence-corrected chi connectivity index (χ0v) is 11.1. The maximum Gasteiger partial charge on any atom is 0.304 e. The van der Waals surface area contributed by atoms with Gasteiger partial charge in [0.05, 0.1) is 6.42 Å². The minimum Gasteiger partial charge on any atom is -0.481 e. The standard InChI is InChI=1S/C14H18F2O2/c1-8(2)9-5-10(13(16)11(15)6-9)14(3,4)7-12(17)18/h5-6,8H,7H2,1-4H3,(H,17,18). The molecule has 2 nitrogen and oxygen atoms in total. The fourth-order valence-corrected chi connectivity index (χ4v) is 1.91. The second kappa shape index (κ2) is 5.04. The zero-order valence-electron chi connectivity index (χ0n) is 11.1. The number of rotatable bonds is 4. The van der Waals surface area contributed by atoms with Gasteiger partial charge in [-0.05, 0) is 23.1 Å². The van der Waals surface area contributed by atoms with Crippen LogP contribution in [-0.4, -0.2) is 11.1 Å². The average Bonchev–Trinajstić information content (AvgIpc) is 2.19. The molecule has 0 atom stereocenters. The number of aliphatic carboxylic acids is 1. The van der Waals surface area contributed by atoms with Crippen molar-refractivity contribution in [2.75, 3.05) is 0 Å². The van der Waals surface area contributed by atoms with Crippen molar-refractivity contribution in [2.24, 2.45) is 0 Å². The predicted molar refractivity (Wildman–Crippen MR) is 65.7 cm³/mol. The number of hydrogen-bond donors (Lipinski definition) is 1. The second-order valence-corrected chi connectivity index (χ2v) is 5.47. The summed E-state index contributed by atoms with van der Waals surface area (Å²) in [5.41, 5.74) is -0.155. The van der Waals surface area contributed by atoms with Crippen molar-refractivity contribution in [1.29, 1.82) is 0 Å². The third-order valence-corrected chi connectivity index (χ3v) is 3.04. The Bertz CT molecular complexity index is 465. The molecule has 0 fully saturated rings. The molecule has 0 saturated heterocycles. The topological polar surface area (TPSA) is 37.3 Å². The van der Waals surface area contributed by atoms with Crippen LogP contribution in [0, 0.1) is 11.6 Å². The molecular weight excluding hydrogens is 238 g/mol. The number of halogens is 2. The molecule has 1 N–H and O–H groups in total. The van der Waals surface area contributed by atoms with E-state index in [-0.39, 0.29) is 17.9 Å². The summed E-state index contributed by atoms with van der Waals surface area (Å²) in [4.78, 5) is 10.8. The van der Waals surface area contributed by atoms with Gasteiger partial charge < -0.3 is 5.11 Å². The van der Waals surface area contributed by atoms with Crippen LogP contribution in [0.25, 0.3) is 0 Å². The summed E-state index contributed by atoms with van der Waals surface area (Å²) < 4.78 is 27.4. The van der Waals surface area contributed by atoms with Crippen molar-refractivity contribution >= 4 is 5.97 Å². The molecule has 0 amide bonds. The molecule has 18 heavy (non-hydrogen) atoms. The first-order chi connectivity index (χ1) is 8.15. The maximum atomic E-state index is 13.8. The molecule has 0 spiro atoms. The Morgan fingerprint density at radius 2 is 1.89 bits per heavy atom. The van der Waals surface area contributed by atoms with Gasteiger partial charge in [0.25, 0.3) is 0 Å². The van der Waals surface area contributed by atoms with Gasteiger partial charge in [0.2, 0.25) is 0 Å². The predicted octanol–water partition coefficient (Wildman–Crippen LogP) is 3.84. The highest BCUT2D eigenvalue weighted by Gasteiger charge is 2.29. The number of benzene rings is 1. The first-order valence-electron chi connectivity index (χ1n) is 5.86. The minimum atomic E-state index is -1.03. The molecular formula is C14H18F2O2. The normalized spacial score (nSPS) is 11.9. The monoisotopic (exact) mass is 256 g/mol. The van der Waals surface area contributed by atoms with E-state index >= 15 is 0 Å². The van der Waals surface area contributed by atoms with E-state index in [4.69, 9.17) is 5.11 Å². The van der Waals surface area contributed by atoms with Crippen LogP contribution in [0.4, 0.5) is 8.78 Å². The van der Waals surface area contributed by atoms with Gasteiger partial charge in [-0.3, -0.25) is 4.79 Å². The van der Waals surface area contributed by atoms with Gasteiger partial charge in [0.1, 0.15) is 0 Å². The van der Waals surface area contributed by atoms with Crippen molar-refractivity contribution in [1.82, 2.24) is 0 Å². The van der Waals surface area contributed by atoms with Crippen LogP contribution in [0.1, 0.15) is 51.2 Å². The third kappa shape index (κ3) is 3.06. The Balaban J connectivity index is 3.34. The lowest BCUT2D eigenvalue weighted by atomic mass is 9.79. The quantitative estimate of drug-likeness (QED) is 0.888. The molecule has 100 valence electrons. The summed E-state index contributed by atoms with van der Waals surface area (Å²) in [6, 6.07) is 2.73. The summed E-state index contributed by atoms with van der Waals surface area (Å²) >= 11 is 0. The SMILES string of the molecule is CC(C)c1cc(F)c(F)c(C(C)(C)CC(=O)O)c1. The highest BCUT2D eigenvalue weighted by molar-refractivity contribution is 5.69. The van der Waals surface area contributed by atoms with Crippen molar-refractivity contribution in [2.45, 2.75) is 45.4 Å². The molecule has 0 bridgehead atoms. The van der Waals surface area contributed by atoms with E-state index < -0.39 is 23.0 Å². The Kier molecular flexibility index (Phi) is 4.09. The van der Waals surface area contributed by atoms with E-state index in [9.17, 15) is 13.6 Å². The first-order valence-corrected chi connectivity index (χ1v) is 5.86. The Labute approximate surface area is 106 Å². The molecule has 1 rings (SSSR count). The van der Waals surface area contributed by atoms with Crippen molar-refractivity contribution in [3.63, 3.8) is 0 Å². The number of carboxylic acid groups (broad SMARTS) is 1. The van der Waals surface area contributed by atoms with Crippen LogP contribution in [-0.2, 0) is 10.2 Å². The summed E-state index contributed by atoms with van der Waals surface area (Å²) in [5.74, 6) is -2.85. The molecule has 0 aliphatic heterocycles. The molecule has 1 aromatic carbocycles. The highest BCUT2D eigenvalue weighted by atomic mass is 19.2. The van der Waals surface area contributed by atoms with Gasteiger partial charge in [-0.25, -0.2) is 8.78 Å². The molecule has 0 aromatic heterocycles. The van der Waals surface area contributed by atoms with Gasteiger partial charge in [-0.2, -0.15) is 0 Å². The van der Waals surface area contributed by atoms with Crippen LogP contribution in [0.5, 0.6) is 0 Å². The largest absolute Gasteiger partial charge is 0.481 e. The van der Waals surface area contributed by atoms with Crippen LogP contribution in [0.3, 0.4) is 0 Å². The van der Waals surface area contributed by atoms with Crippen LogP contribution in [0.2, 0.25) is 0 Å². The van der Waals surface area contributed by atoms with Crippen LogP contribution >= 0.6 is 0 Å². The fraction of sp³-hybridized carbons (Fsp3) is 0.500. The Morgan fingerprint density at radius 3 is 2.33 bits per heavy atom. The highest BCUT2D eigenvalue weighted by Crippen LogP contribution is 2.32. The smallest absolute Gasteiger partial charge is 0.304 e. The van der Waals surface area contributed by atoms with Gasteiger partial charge in [0.15, 0.2) is 11.6 Å². The van der Waals surface area contributed by atoms with Gasteiger partial charge in [-0.1, -0.05) is 33.8 Å². The molecule has 0 unspecified atom stereocenters. The first kappa shape index (κ1) is 14.6. The fourth-order valence-electron chi connectivity index (χ4n) is 1.91. The van der Waals surface area contributed by atoms with E-state index in [2.05, 4.69) is 0 Å². The molecule has 0 saturated carbocycles. The number of hydrogen-bond acceptors (Lipinski definition) is 1. The van der Waals surface area contributed by atoms with Gasteiger partial charge >= 0.3 is 5.97 Å². The molecule has 4 heteroatoms. The van der Waals surface area contributed by atoms with Crippen molar-refractivity contribution in [3.8, 4) is 0 Å². The zero-order chi connectivity index (χ0) is 14.1. The van der Waals surface area contributed by atoms with E-state index in [0.717, 1.165) is 0 Å². The number of carboxylic acids is 1. The molecule has 0 aliphatic carbocycles. The van der Waals surface area contributed by atoms with Crippen LogP contribution in [0.15, 0.2) is 12.1 Å². The van der Waals surface area contributed by atoms with Crippen molar-refractivity contribution < 1.29 is 18.7 Å². The summed E-state index contributed by atoms with van der Waals surface area (Å²) in [6.45, 7) is 6.95. The molecule has 0 aliphatic rings. The lowest BCUT2D eigenvalue weighted by molar-refractivity contribution is -0.138. The second-order valence-electron chi connectivity index (χ2n) is 5.47. The van der Waals surface area contributed by atoms with E-state index in [1.807, 2.05) is 13.8 Å². The average molecular weight is 256 g/mol. The number of carbonyl (C=O) groups is 1. The van der Waals surface area contributed by atoms with E-state index in [1.165, 1.54) is 6.07 Å². The lowest BCUT2D eigenvalue weighted by Crippen LogP contribution is -2.24. The Hall–Kier alpha value is -1.45.